The van der Waals surface area contributed by atoms with Gasteiger partial charge < -0.3 is 5.11 Å². The van der Waals surface area contributed by atoms with Gasteiger partial charge in [0.15, 0.2) is 0 Å². The van der Waals surface area contributed by atoms with E-state index in [0.29, 0.717) is 17.8 Å². The lowest BCUT2D eigenvalue weighted by Crippen LogP contribution is -2.40. The minimum absolute atomic E-state index is 0.282. The molecule has 0 aliphatic heterocycles. The third-order valence-corrected chi connectivity index (χ3v) is 3.48. The topological polar surface area (TPSA) is 23.5 Å². The molecular formula is C16H27NO. The number of phenolic OH excluding ortho intramolecular Hbond substituents is 1. The summed E-state index contributed by atoms with van der Waals surface area (Å²) in [4.78, 5) is 2.47. The van der Waals surface area contributed by atoms with Crippen LogP contribution in [0.4, 0.5) is 0 Å². The summed E-state index contributed by atoms with van der Waals surface area (Å²) < 4.78 is 0. The van der Waals surface area contributed by atoms with Gasteiger partial charge in [-0.15, -0.1) is 0 Å². The van der Waals surface area contributed by atoms with E-state index in [4.69, 9.17) is 0 Å². The van der Waals surface area contributed by atoms with Crippen LogP contribution in [-0.4, -0.2) is 22.1 Å². The van der Waals surface area contributed by atoms with Crippen molar-refractivity contribution < 1.29 is 5.11 Å². The molecule has 0 unspecified atom stereocenters. The summed E-state index contributed by atoms with van der Waals surface area (Å²) in [5, 5.41) is 10.1. The molecule has 1 rings (SSSR count). The Hall–Kier alpha value is -1.02. The fourth-order valence-corrected chi connectivity index (χ4v) is 2.85. The van der Waals surface area contributed by atoms with Crippen molar-refractivity contribution in [3.05, 3.63) is 29.3 Å². The second kappa shape index (κ2) is 6.24. The van der Waals surface area contributed by atoms with Gasteiger partial charge in [-0.1, -0.05) is 24.6 Å². The van der Waals surface area contributed by atoms with Crippen LogP contribution in [0, 0.1) is 6.92 Å². The van der Waals surface area contributed by atoms with Gasteiger partial charge in [-0.05, 0) is 47.1 Å². The molecule has 0 aromatic heterocycles. The Morgan fingerprint density at radius 2 is 1.67 bits per heavy atom. The average Bonchev–Trinajstić information content (AvgIpc) is 2.28. The second-order valence-electron chi connectivity index (χ2n) is 5.62. The Morgan fingerprint density at radius 1 is 1.11 bits per heavy atom. The first-order chi connectivity index (χ1) is 8.38. The van der Waals surface area contributed by atoms with Crippen LogP contribution in [0.25, 0.3) is 0 Å². The SMILES string of the molecule is CC[C@@H](c1cc(C)ccc1O)N(C(C)C)C(C)C. The molecule has 1 N–H and O–H groups in total. The van der Waals surface area contributed by atoms with Crippen molar-refractivity contribution in [3.63, 3.8) is 0 Å². The molecule has 0 aliphatic rings. The summed E-state index contributed by atoms with van der Waals surface area (Å²) in [5.74, 6) is 0.416. The van der Waals surface area contributed by atoms with Crippen LogP contribution in [-0.2, 0) is 0 Å². The highest BCUT2D eigenvalue weighted by Crippen LogP contribution is 2.34. The lowest BCUT2D eigenvalue weighted by Gasteiger charge is -2.38. The molecule has 0 heterocycles. The molecule has 2 heteroatoms. The number of benzene rings is 1. The number of nitrogens with zero attached hydrogens (tertiary/aromatic N) is 1. The lowest BCUT2D eigenvalue weighted by atomic mass is 9.97. The van der Waals surface area contributed by atoms with E-state index in [1.54, 1.807) is 0 Å². The first-order valence-electron chi connectivity index (χ1n) is 6.95. The van der Waals surface area contributed by atoms with E-state index < -0.39 is 0 Å². The number of hydrogen-bond acceptors (Lipinski definition) is 2. The molecular weight excluding hydrogens is 222 g/mol. The molecule has 18 heavy (non-hydrogen) atoms. The number of rotatable bonds is 5. The average molecular weight is 249 g/mol. The van der Waals surface area contributed by atoms with Crippen molar-refractivity contribution in [2.24, 2.45) is 0 Å². The van der Waals surface area contributed by atoms with E-state index in [1.165, 1.54) is 5.56 Å². The van der Waals surface area contributed by atoms with Crippen molar-refractivity contribution in [3.8, 4) is 5.75 Å². The molecule has 0 spiro atoms. The highest BCUT2D eigenvalue weighted by atomic mass is 16.3. The Bertz CT molecular complexity index is 377. The molecule has 0 saturated heterocycles. The van der Waals surface area contributed by atoms with Gasteiger partial charge in [0.25, 0.3) is 0 Å². The Morgan fingerprint density at radius 3 is 2.11 bits per heavy atom. The molecule has 0 amide bonds. The molecule has 1 atom stereocenters. The number of aryl methyl sites for hydroxylation is 1. The first-order valence-corrected chi connectivity index (χ1v) is 6.95. The molecule has 102 valence electrons. The van der Waals surface area contributed by atoms with E-state index in [9.17, 15) is 5.11 Å². The van der Waals surface area contributed by atoms with E-state index in [1.807, 2.05) is 12.1 Å². The second-order valence-corrected chi connectivity index (χ2v) is 5.62. The molecule has 0 bridgehead atoms. The van der Waals surface area contributed by atoms with Crippen molar-refractivity contribution >= 4 is 0 Å². The molecule has 1 aromatic rings. The summed E-state index contributed by atoms with van der Waals surface area (Å²) in [7, 11) is 0. The largest absolute Gasteiger partial charge is 0.508 e. The van der Waals surface area contributed by atoms with Gasteiger partial charge in [0.05, 0.1) is 0 Å². The van der Waals surface area contributed by atoms with E-state index in [2.05, 4.69) is 52.5 Å². The minimum atomic E-state index is 0.282. The zero-order valence-electron chi connectivity index (χ0n) is 12.6. The predicted molar refractivity (Wildman–Crippen MR) is 78.0 cm³/mol. The van der Waals surface area contributed by atoms with Crippen LogP contribution in [0.5, 0.6) is 5.75 Å². The van der Waals surface area contributed by atoms with Crippen LogP contribution >= 0.6 is 0 Å². The van der Waals surface area contributed by atoms with Crippen LogP contribution in [0.2, 0.25) is 0 Å². The van der Waals surface area contributed by atoms with Gasteiger partial charge in [-0.2, -0.15) is 0 Å². The first kappa shape index (κ1) is 15.0. The molecule has 0 fully saturated rings. The monoisotopic (exact) mass is 249 g/mol. The van der Waals surface area contributed by atoms with Gasteiger partial charge in [0.1, 0.15) is 5.75 Å². The molecule has 0 saturated carbocycles. The van der Waals surface area contributed by atoms with E-state index >= 15 is 0 Å². The zero-order valence-corrected chi connectivity index (χ0v) is 12.6. The highest BCUT2D eigenvalue weighted by Gasteiger charge is 2.25. The highest BCUT2D eigenvalue weighted by molar-refractivity contribution is 5.38. The molecule has 2 nitrogen and oxygen atoms in total. The van der Waals surface area contributed by atoms with Gasteiger partial charge >= 0.3 is 0 Å². The van der Waals surface area contributed by atoms with Crippen molar-refractivity contribution in [1.82, 2.24) is 4.90 Å². The summed E-state index contributed by atoms with van der Waals surface area (Å²) in [6, 6.07) is 7.10. The molecule has 1 aromatic carbocycles. The smallest absolute Gasteiger partial charge is 0.120 e. The van der Waals surface area contributed by atoms with E-state index in [-0.39, 0.29) is 6.04 Å². The maximum Gasteiger partial charge on any atom is 0.120 e. The quantitative estimate of drug-likeness (QED) is 0.842. The van der Waals surface area contributed by atoms with Crippen LogP contribution in [0.3, 0.4) is 0 Å². The van der Waals surface area contributed by atoms with E-state index in [0.717, 1.165) is 12.0 Å². The Labute approximate surface area is 112 Å². The van der Waals surface area contributed by atoms with Gasteiger partial charge in [0.2, 0.25) is 0 Å². The number of hydrogen-bond donors (Lipinski definition) is 1. The summed E-state index contributed by atoms with van der Waals surface area (Å²) >= 11 is 0. The standard InChI is InChI=1S/C16H27NO/c1-7-15(17(11(2)3)12(4)5)14-10-13(6)8-9-16(14)18/h8-12,15,18H,7H2,1-6H3/t15-/m0/s1. The molecule has 0 aliphatic carbocycles. The summed E-state index contributed by atoms with van der Waals surface area (Å²) in [6.45, 7) is 13.1. The maximum absolute atomic E-state index is 10.1. The Balaban J connectivity index is 3.18. The fourth-order valence-electron chi connectivity index (χ4n) is 2.85. The zero-order chi connectivity index (χ0) is 13.9. The van der Waals surface area contributed by atoms with Crippen molar-refractivity contribution in [1.29, 1.82) is 0 Å². The van der Waals surface area contributed by atoms with Crippen LogP contribution in [0.15, 0.2) is 18.2 Å². The van der Waals surface area contributed by atoms with Gasteiger partial charge in [0, 0.05) is 23.7 Å². The number of phenols is 1. The lowest BCUT2D eigenvalue weighted by molar-refractivity contribution is 0.107. The Kier molecular flexibility index (Phi) is 5.21. The van der Waals surface area contributed by atoms with Crippen molar-refractivity contribution in [2.75, 3.05) is 0 Å². The van der Waals surface area contributed by atoms with Gasteiger partial charge in [-0.25, -0.2) is 0 Å². The predicted octanol–water partition coefficient (Wildman–Crippen LogP) is 4.27. The normalized spacial score (nSPS) is 13.6. The molecule has 0 radical (unpaired) electrons. The third-order valence-electron chi connectivity index (χ3n) is 3.48. The summed E-state index contributed by atoms with van der Waals surface area (Å²) in [6.07, 6.45) is 1.01. The van der Waals surface area contributed by atoms with Crippen LogP contribution < -0.4 is 0 Å². The van der Waals surface area contributed by atoms with Crippen molar-refractivity contribution in [2.45, 2.75) is 66.1 Å². The van der Waals surface area contributed by atoms with Crippen LogP contribution in [0.1, 0.15) is 58.2 Å². The third kappa shape index (κ3) is 3.26. The van der Waals surface area contributed by atoms with Gasteiger partial charge in [-0.3, -0.25) is 4.90 Å². The maximum atomic E-state index is 10.1. The number of aromatic hydroxyl groups is 1. The fraction of sp³-hybridized carbons (Fsp3) is 0.625. The minimum Gasteiger partial charge on any atom is -0.508 e. The summed E-state index contributed by atoms with van der Waals surface area (Å²) in [5.41, 5.74) is 2.26.